The minimum atomic E-state index is -0.213. The first-order valence-electron chi connectivity index (χ1n) is 7.59. The molecule has 2 rings (SSSR count). The zero-order chi connectivity index (χ0) is 16.9. The molecule has 0 bridgehead atoms. The summed E-state index contributed by atoms with van der Waals surface area (Å²) in [4.78, 5) is 5.78. The molecule has 0 unspecified atom stereocenters. The summed E-state index contributed by atoms with van der Waals surface area (Å²) in [5.41, 5.74) is 3.14. The Bertz CT molecular complexity index is 692. The fraction of sp³-hybridized carbons (Fsp3) is 0.250. The SMILES string of the molecule is Cc1ccc(/N=C(/C=C/Sc2ccc(F)cc2)C(C)(C)C)cc1. The fourth-order valence-electron chi connectivity index (χ4n) is 1.90. The van der Waals surface area contributed by atoms with Crippen LogP contribution in [0.15, 0.2) is 69.9 Å². The van der Waals surface area contributed by atoms with Crippen LogP contribution in [0.2, 0.25) is 0 Å². The molecule has 0 heterocycles. The number of allylic oxidation sites excluding steroid dienone is 1. The molecule has 0 saturated carbocycles. The number of benzene rings is 2. The molecule has 120 valence electrons. The molecule has 23 heavy (non-hydrogen) atoms. The topological polar surface area (TPSA) is 12.4 Å². The van der Waals surface area contributed by atoms with E-state index in [-0.39, 0.29) is 11.2 Å². The lowest BCUT2D eigenvalue weighted by Gasteiger charge is -2.19. The van der Waals surface area contributed by atoms with Gasteiger partial charge in [-0.1, -0.05) is 50.2 Å². The summed E-state index contributed by atoms with van der Waals surface area (Å²) in [6, 6.07) is 14.7. The molecular weight excluding hydrogens is 305 g/mol. The van der Waals surface area contributed by atoms with E-state index in [0.717, 1.165) is 16.3 Å². The minimum Gasteiger partial charge on any atom is -0.253 e. The molecule has 0 amide bonds. The highest BCUT2D eigenvalue weighted by atomic mass is 32.2. The molecule has 3 heteroatoms. The van der Waals surface area contributed by atoms with Gasteiger partial charge in [0.1, 0.15) is 5.82 Å². The Balaban J connectivity index is 2.17. The van der Waals surface area contributed by atoms with Crippen LogP contribution < -0.4 is 0 Å². The molecule has 0 spiro atoms. The largest absolute Gasteiger partial charge is 0.253 e. The molecular formula is C20H22FNS. The van der Waals surface area contributed by atoms with Crippen molar-refractivity contribution in [1.29, 1.82) is 0 Å². The van der Waals surface area contributed by atoms with Gasteiger partial charge >= 0.3 is 0 Å². The molecule has 0 radical (unpaired) electrons. The average molecular weight is 327 g/mol. The first-order chi connectivity index (χ1) is 10.8. The van der Waals surface area contributed by atoms with Crippen LogP contribution in [-0.4, -0.2) is 5.71 Å². The number of hydrogen-bond acceptors (Lipinski definition) is 2. The van der Waals surface area contributed by atoms with Crippen LogP contribution >= 0.6 is 11.8 Å². The maximum atomic E-state index is 12.9. The molecule has 0 aromatic heterocycles. The second-order valence-electron chi connectivity index (χ2n) is 6.46. The number of rotatable bonds is 4. The maximum absolute atomic E-state index is 12.9. The lowest BCUT2D eigenvalue weighted by atomic mass is 9.90. The summed E-state index contributed by atoms with van der Waals surface area (Å²) < 4.78 is 12.9. The van der Waals surface area contributed by atoms with E-state index in [1.54, 1.807) is 23.9 Å². The Morgan fingerprint density at radius 3 is 2.17 bits per heavy atom. The molecule has 0 aliphatic heterocycles. The van der Waals surface area contributed by atoms with Gasteiger partial charge in [0.2, 0.25) is 0 Å². The van der Waals surface area contributed by atoms with E-state index < -0.39 is 0 Å². The van der Waals surface area contributed by atoms with Crippen LogP contribution in [0.1, 0.15) is 26.3 Å². The fourth-order valence-corrected chi connectivity index (χ4v) is 2.55. The van der Waals surface area contributed by atoms with E-state index in [2.05, 4.69) is 39.8 Å². The van der Waals surface area contributed by atoms with Crippen molar-refractivity contribution in [2.45, 2.75) is 32.6 Å². The monoisotopic (exact) mass is 327 g/mol. The van der Waals surface area contributed by atoms with E-state index in [9.17, 15) is 4.39 Å². The first-order valence-corrected chi connectivity index (χ1v) is 8.47. The Morgan fingerprint density at radius 2 is 1.61 bits per heavy atom. The van der Waals surface area contributed by atoms with Crippen molar-refractivity contribution in [3.63, 3.8) is 0 Å². The molecule has 0 atom stereocenters. The first kappa shape index (κ1) is 17.5. The zero-order valence-electron chi connectivity index (χ0n) is 14.0. The lowest BCUT2D eigenvalue weighted by Crippen LogP contribution is -2.17. The number of halogens is 1. The van der Waals surface area contributed by atoms with Gasteiger partial charge in [0.25, 0.3) is 0 Å². The molecule has 0 N–H and O–H groups in total. The molecule has 0 fully saturated rings. The summed E-state index contributed by atoms with van der Waals surface area (Å²) in [6.45, 7) is 8.50. The van der Waals surface area contributed by atoms with Gasteiger partial charge in [-0.15, -0.1) is 0 Å². The van der Waals surface area contributed by atoms with E-state index in [0.29, 0.717) is 0 Å². The third-order valence-electron chi connectivity index (χ3n) is 3.30. The molecule has 2 aromatic carbocycles. The Kier molecular flexibility index (Phi) is 5.78. The van der Waals surface area contributed by atoms with E-state index >= 15 is 0 Å². The van der Waals surface area contributed by atoms with E-state index in [4.69, 9.17) is 4.99 Å². The second-order valence-corrected chi connectivity index (χ2v) is 7.44. The van der Waals surface area contributed by atoms with Gasteiger partial charge in [0.15, 0.2) is 0 Å². The van der Waals surface area contributed by atoms with E-state index in [1.807, 2.05) is 23.6 Å². The van der Waals surface area contributed by atoms with Crippen LogP contribution in [0.3, 0.4) is 0 Å². The summed E-state index contributed by atoms with van der Waals surface area (Å²) in [5.74, 6) is -0.213. The van der Waals surface area contributed by atoms with Gasteiger partial charge < -0.3 is 0 Å². The standard InChI is InChI=1S/C20H22FNS/c1-15-5-9-17(10-6-15)22-19(20(2,3)4)13-14-23-18-11-7-16(21)8-12-18/h5-14H,1-4H3/b14-13+,22-19-. The number of aryl methyl sites for hydroxylation is 1. The summed E-state index contributed by atoms with van der Waals surface area (Å²) >= 11 is 1.56. The molecule has 0 aliphatic rings. The Morgan fingerprint density at radius 1 is 1.00 bits per heavy atom. The highest BCUT2D eigenvalue weighted by Gasteiger charge is 2.16. The molecule has 2 aromatic rings. The Labute approximate surface area is 142 Å². The van der Waals surface area contributed by atoms with E-state index in [1.165, 1.54) is 17.7 Å². The number of hydrogen-bond donors (Lipinski definition) is 0. The zero-order valence-corrected chi connectivity index (χ0v) is 14.8. The summed E-state index contributed by atoms with van der Waals surface area (Å²) in [5, 5.41) is 2.01. The van der Waals surface area contributed by atoms with Crippen LogP contribution in [0.5, 0.6) is 0 Å². The van der Waals surface area contributed by atoms with Crippen molar-refractivity contribution >= 4 is 23.2 Å². The average Bonchev–Trinajstić information content (AvgIpc) is 2.49. The van der Waals surface area contributed by atoms with Crippen LogP contribution in [0.4, 0.5) is 10.1 Å². The van der Waals surface area contributed by atoms with Crippen molar-refractivity contribution in [3.05, 3.63) is 71.4 Å². The van der Waals surface area contributed by atoms with Crippen LogP contribution in [0, 0.1) is 18.2 Å². The highest BCUT2D eigenvalue weighted by molar-refractivity contribution is 8.02. The van der Waals surface area contributed by atoms with Gasteiger partial charge in [0, 0.05) is 16.0 Å². The number of aliphatic imine (C=N–C) groups is 1. The van der Waals surface area contributed by atoms with Gasteiger partial charge in [-0.05, 0) is 54.8 Å². The van der Waals surface area contributed by atoms with Crippen molar-refractivity contribution in [3.8, 4) is 0 Å². The smallest absolute Gasteiger partial charge is 0.123 e. The quantitative estimate of drug-likeness (QED) is 0.457. The summed E-state index contributed by atoms with van der Waals surface area (Å²) in [7, 11) is 0. The number of thioether (sulfide) groups is 1. The van der Waals surface area contributed by atoms with Crippen molar-refractivity contribution < 1.29 is 4.39 Å². The predicted molar refractivity (Wildman–Crippen MR) is 99.1 cm³/mol. The molecule has 0 aliphatic carbocycles. The Hall–Kier alpha value is -1.87. The third-order valence-corrected chi connectivity index (χ3v) is 4.11. The second kappa shape index (κ2) is 7.60. The highest BCUT2D eigenvalue weighted by Crippen LogP contribution is 2.25. The maximum Gasteiger partial charge on any atom is 0.123 e. The normalized spacial score (nSPS) is 12.8. The van der Waals surface area contributed by atoms with Crippen LogP contribution in [0.25, 0.3) is 0 Å². The van der Waals surface area contributed by atoms with Gasteiger partial charge in [-0.3, -0.25) is 4.99 Å². The van der Waals surface area contributed by atoms with Gasteiger partial charge in [-0.25, -0.2) is 4.39 Å². The van der Waals surface area contributed by atoms with Crippen molar-refractivity contribution in [2.24, 2.45) is 10.4 Å². The van der Waals surface area contributed by atoms with Crippen LogP contribution in [-0.2, 0) is 0 Å². The predicted octanol–water partition coefficient (Wildman–Crippen LogP) is 6.56. The summed E-state index contributed by atoms with van der Waals surface area (Å²) in [6.07, 6.45) is 2.04. The lowest BCUT2D eigenvalue weighted by molar-refractivity contribution is 0.594. The van der Waals surface area contributed by atoms with Gasteiger partial charge in [0.05, 0.1) is 5.69 Å². The third kappa shape index (κ3) is 5.68. The molecule has 1 nitrogen and oxygen atoms in total. The minimum absolute atomic E-state index is 0.0509. The van der Waals surface area contributed by atoms with Gasteiger partial charge in [-0.2, -0.15) is 0 Å². The van der Waals surface area contributed by atoms with Crippen molar-refractivity contribution in [1.82, 2.24) is 0 Å². The number of nitrogens with zero attached hydrogens (tertiary/aromatic N) is 1. The van der Waals surface area contributed by atoms with Crippen molar-refractivity contribution in [2.75, 3.05) is 0 Å². The molecule has 0 saturated heterocycles.